The molecule has 0 heterocycles. The lowest BCUT2D eigenvalue weighted by molar-refractivity contribution is 0.0877. The van der Waals surface area contributed by atoms with Gasteiger partial charge in [0, 0.05) is 10.9 Å². The fourth-order valence-electron chi connectivity index (χ4n) is 2.99. The molecular formula is C16H20N2OS. The standard InChI is InChI=1S/C16H20N2OS/c1-11-6-5-7-12(2)15(11)18-16(19)13-8-3-4-9-14(13)20-10-17/h3-4,8-9,11-12,15H,5-7H2,1-2H3,(H,18,19). The van der Waals surface area contributed by atoms with Crippen molar-refractivity contribution in [3.05, 3.63) is 29.8 Å². The van der Waals surface area contributed by atoms with E-state index in [9.17, 15) is 4.79 Å². The van der Waals surface area contributed by atoms with Crippen LogP contribution in [0.1, 0.15) is 43.5 Å². The van der Waals surface area contributed by atoms with Crippen LogP contribution in [0.15, 0.2) is 29.2 Å². The maximum atomic E-state index is 12.5. The number of nitrogens with one attached hydrogen (secondary N) is 1. The Bertz CT molecular complexity index is 513. The first-order chi connectivity index (χ1) is 9.63. The topological polar surface area (TPSA) is 52.9 Å². The number of carbonyl (C=O) groups is 1. The number of benzene rings is 1. The molecule has 2 unspecified atom stereocenters. The third-order valence-corrected chi connectivity index (χ3v) is 4.80. The van der Waals surface area contributed by atoms with Gasteiger partial charge >= 0.3 is 0 Å². The molecule has 2 atom stereocenters. The number of hydrogen-bond acceptors (Lipinski definition) is 3. The predicted molar refractivity (Wildman–Crippen MR) is 81.3 cm³/mol. The first kappa shape index (κ1) is 14.9. The van der Waals surface area contributed by atoms with Crippen LogP contribution < -0.4 is 5.32 Å². The lowest BCUT2D eigenvalue weighted by Crippen LogP contribution is -2.45. The Hall–Kier alpha value is -1.47. The third kappa shape index (κ3) is 3.34. The highest BCUT2D eigenvalue weighted by Gasteiger charge is 2.29. The Morgan fingerprint density at radius 2 is 1.95 bits per heavy atom. The SMILES string of the molecule is CC1CCCC(C)C1NC(=O)c1ccccc1SC#N. The second-order valence-corrected chi connectivity index (χ2v) is 6.40. The van der Waals surface area contributed by atoms with Crippen LogP contribution in [-0.2, 0) is 0 Å². The minimum atomic E-state index is -0.0612. The van der Waals surface area contributed by atoms with E-state index in [0.717, 1.165) is 16.7 Å². The van der Waals surface area contributed by atoms with E-state index in [1.807, 2.05) is 23.6 Å². The highest BCUT2D eigenvalue weighted by molar-refractivity contribution is 8.03. The van der Waals surface area contributed by atoms with Crippen molar-refractivity contribution in [1.82, 2.24) is 5.32 Å². The molecule has 1 aromatic rings. The molecule has 1 saturated carbocycles. The Kier molecular flexibility index (Phi) is 5.08. The third-order valence-electron chi connectivity index (χ3n) is 4.13. The lowest BCUT2D eigenvalue weighted by Gasteiger charge is -2.35. The molecule has 1 aliphatic carbocycles. The van der Waals surface area contributed by atoms with Crippen LogP contribution in [0.4, 0.5) is 0 Å². The van der Waals surface area contributed by atoms with Gasteiger partial charge in [0.05, 0.1) is 5.56 Å². The maximum Gasteiger partial charge on any atom is 0.252 e. The van der Waals surface area contributed by atoms with Gasteiger partial charge in [-0.05, 0) is 48.6 Å². The summed E-state index contributed by atoms with van der Waals surface area (Å²) in [6.45, 7) is 4.41. The summed E-state index contributed by atoms with van der Waals surface area (Å²) in [5.74, 6) is 0.964. The second-order valence-electron chi connectivity index (χ2n) is 5.57. The van der Waals surface area contributed by atoms with Crippen LogP contribution in [0, 0.1) is 22.5 Å². The fraction of sp³-hybridized carbons (Fsp3) is 0.500. The summed E-state index contributed by atoms with van der Waals surface area (Å²) in [5, 5.41) is 14.0. The van der Waals surface area contributed by atoms with Crippen LogP contribution in [0.5, 0.6) is 0 Å². The zero-order valence-electron chi connectivity index (χ0n) is 11.9. The minimum absolute atomic E-state index is 0.0612. The van der Waals surface area contributed by atoms with Gasteiger partial charge in [-0.3, -0.25) is 4.79 Å². The summed E-state index contributed by atoms with van der Waals surface area (Å²) in [6, 6.07) is 7.52. The highest BCUT2D eigenvalue weighted by Crippen LogP contribution is 2.29. The van der Waals surface area contributed by atoms with Gasteiger partial charge in [-0.15, -0.1) is 0 Å². The average molecular weight is 288 g/mol. The summed E-state index contributed by atoms with van der Waals surface area (Å²) >= 11 is 1.04. The van der Waals surface area contributed by atoms with E-state index in [4.69, 9.17) is 5.26 Å². The second kappa shape index (κ2) is 6.81. The molecule has 4 heteroatoms. The molecule has 1 aliphatic rings. The molecule has 2 rings (SSSR count). The maximum absolute atomic E-state index is 12.5. The molecule has 106 valence electrons. The predicted octanol–water partition coefficient (Wildman–Crippen LogP) is 3.81. The molecule has 0 radical (unpaired) electrons. The van der Waals surface area contributed by atoms with Gasteiger partial charge in [0.25, 0.3) is 5.91 Å². The van der Waals surface area contributed by atoms with Crippen LogP contribution >= 0.6 is 11.8 Å². The number of thiocyanates is 1. The molecule has 0 aromatic heterocycles. The Morgan fingerprint density at radius 3 is 2.60 bits per heavy atom. The van der Waals surface area contributed by atoms with E-state index < -0.39 is 0 Å². The van der Waals surface area contributed by atoms with Crippen molar-refractivity contribution in [2.75, 3.05) is 0 Å². The molecular weight excluding hydrogens is 268 g/mol. The fourth-order valence-corrected chi connectivity index (χ4v) is 3.50. The number of nitrogens with zero attached hydrogens (tertiary/aromatic N) is 1. The minimum Gasteiger partial charge on any atom is -0.349 e. The summed E-state index contributed by atoms with van der Waals surface area (Å²) in [4.78, 5) is 13.2. The Morgan fingerprint density at radius 1 is 1.30 bits per heavy atom. The Labute approximate surface area is 124 Å². The number of nitriles is 1. The molecule has 3 nitrogen and oxygen atoms in total. The van der Waals surface area contributed by atoms with Gasteiger partial charge in [-0.2, -0.15) is 5.26 Å². The molecule has 1 N–H and O–H groups in total. The first-order valence-electron chi connectivity index (χ1n) is 7.09. The van der Waals surface area contributed by atoms with Gasteiger partial charge in [0.2, 0.25) is 0 Å². The number of hydrogen-bond donors (Lipinski definition) is 1. The monoisotopic (exact) mass is 288 g/mol. The summed E-state index contributed by atoms with van der Waals surface area (Å²) in [5.41, 5.74) is 0.601. The van der Waals surface area contributed by atoms with Gasteiger partial charge < -0.3 is 5.32 Å². The first-order valence-corrected chi connectivity index (χ1v) is 7.91. The van der Waals surface area contributed by atoms with E-state index in [0.29, 0.717) is 17.4 Å². The van der Waals surface area contributed by atoms with Gasteiger partial charge in [0.15, 0.2) is 0 Å². The van der Waals surface area contributed by atoms with E-state index in [1.54, 1.807) is 6.07 Å². The molecule has 0 spiro atoms. The van der Waals surface area contributed by atoms with Crippen molar-refractivity contribution in [2.45, 2.75) is 44.0 Å². The summed E-state index contributed by atoms with van der Waals surface area (Å²) < 4.78 is 0. The summed E-state index contributed by atoms with van der Waals surface area (Å²) in [6.07, 6.45) is 3.59. The lowest BCUT2D eigenvalue weighted by atomic mass is 9.78. The number of carbonyl (C=O) groups excluding carboxylic acids is 1. The Balaban J connectivity index is 2.14. The van der Waals surface area contributed by atoms with E-state index in [1.165, 1.54) is 19.3 Å². The van der Waals surface area contributed by atoms with Crippen molar-refractivity contribution in [2.24, 2.45) is 11.8 Å². The molecule has 1 fully saturated rings. The smallest absolute Gasteiger partial charge is 0.252 e. The highest BCUT2D eigenvalue weighted by atomic mass is 32.2. The molecule has 1 aromatic carbocycles. The molecule has 1 amide bonds. The number of rotatable bonds is 3. The molecule has 20 heavy (non-hydrogen) atoms. The van der Waals surface area contributed by atoms with Gasteiger partial charge in [-0.25, -0.2) is 0 Å². The van der Waals surface area contributed by atoms with Crippen molar-refractivity contribution < 1.29 is 4.79 Å². The summed E-state index contributed by atoms with van der Waals surface area (Å²) in [7, 11) is 0. The molecule has 0 bridgehead atoms. The number of thioether (sulfide) groups is 1. The van der Waals surface area contributed by atoms with Crippen molar-refractivity contribution in [3.63, 3.8) is 0 Å². The van der Waals surface area contributed by atoms with Gasteiger partial charge in [0.1, 0.15) is 5.40 Å². The van der Waals surface area contributed by atoms with Crippen molar-refractivity contribution >= 4 is 17.7 Å². The molecule has 0 aliphatic heterocycles. The van der Waals surface area contributed by atoms with Crippen molar-refractivity contribution in [3.8, 4) is 5.40 Å². The normalized spacial score (nSPS) is 25.8. The van der Waals surface area contributed by atoms with Crippen molar-refractivity contribution in [1.29, 1.82) is 5.26 Å². The van der Waals surface area contributed by atoms with Crippen LogP contribution in [0.2, 0.25) is 0 Å². The largest absolute Gasteiger partial charge is 0.349 e. The van der Waals surface area contributed by atoms with Gasteiger partial charge in [-0.1, -0.05) is 32.4 Å². The van der Waals surface area contributed by atoms with E-state index >= 15 is 0 Å². The molecule has 0 saturated heterocycles. The van der Waals surface area contributed by atoms with Crippen LogP contribution in [0.25, 0.3) is 0 Å². The quantitative estimate of drug-likeness (QED) is 0.679. The van der Waals surface area contributed by atoms with E-state index in [-0.39, 0.29) is 11.9 Å². The number of amides is 1. The van der Waals surface area contributed by atoms with Crippen LogP contribution in [0.3, 0.4) is 0 Å². The van der Waals surface area contributed by atoms with E-state index in [2.05, 4.69) is 19.2 Å². The zero-order chi connectivity index (χ0) is 14.5. The van der Waals surface area contributed by atoms with Crippen LogP contribution in [-0.4, -0.2) is 11.9 Å². The zero-order valence-corrected chi connectivity index (χ0v) is 12.7. The average Bonchev–Trinajstić information content (AvgIpc) is 2.44.